The third-order valence-corrected chi connectivity index (χ3v) is 10.3. The number of hydrogen-bond acceptors (Lipinski definition) is 7. The zero-order valence-corrected chi connectivity index (χ0v) is 27.0. The average molecular weight is 718 g/mol. The Balaban J connectivity index is 1.56. The molecule has 0 bridgehead atoms. The summed E-state index contributed by atoms with van der Waals surface area (Å²) in [6.07, 6.45) is 2.05. The number of aromatic nitrogens is 1. The molecule has 2 heterocycles. The summed E-state index contributed by atoms with van der Waals surface area (Å²) >= 11 is 24.0. The lowest BCUT2D eigenvalue weighted by Gasteiger charge is -2.36. The number of pyridine rings is 1. The smallest absolute Gasteiger partial charge is 0.326 e. The van der Waals surface area contributed by atoms with Crippen LogP contribution in [0.4, 0.5) is 5.69 Å². The predicted octanol–water partition coefficient (Wildman–Crippen LogP) is 4.61. The molecule has 238 valence electrons. The van der Waals surface area contributed by atoms with Crippen molar-refractivity contribution < 1.29 is 37.8 Å². The Morgan fingerprint density at radius 3 is 2.11 bits per heavy atom. The van der Waals surface area contributed by atoms with Gasteiger partial charge in [-0.1, -0.05) is 58.5 Å². The van der Waals surface area contributed by atoms with Gasteiger partial charge in [-0.3, -0.25) is 19.4 Å². The van der Waals surface area contributed by atoms with E-state index in [0.717, 1.165) is 23.4 Å². The molecule has 4 N–H and O–H groups in total. The fourth-order valence-electron chi connectivity index (χ4n) is 5.03. The number of anilines is 1. The fourth-order valence-corrected chi connectivity index (χ4v) is 8.08. The second-order valence-corrected chi connectivity index (χ2v) is 13.8. The third kappa shape index (κ3) is 7.19. The second kappa shape index (κ2) is 13.5. The van der Waals surface area contributed by atoms with Crippen molar-refractivity contribution in [2.45, 2.75) is 36.2 Å². The lowest BCUT2D eigenvalue weighted by atomic mass is 9.86. The van der Waals surface area contributed by atoms with Crippen LogP contribution in [0.2, 0.25) is 20.1 Å². The number of halogens is 4. The van der Waals surface area contributed by atoms with Gasteiger partial charge in [0.05, 0.1) is 26.4 Å². The zero-order chi connectivity index (χ0) is 33.3. The number of rotatable bonds is 10. The van der Waals surface area contributed by atoms with Gasteiger partial charge in [-0.05, 0) is 49.2 Å². The van der Waals surface area contributed by atoms with E-state index in [1.165, 1.54) is 42.7 Å². The molecule has 0 saturated carbocycles. The van der Waals surface area contributed by atoms with Crippen LogP contribution in [0.5, 0.6) is 0 Å². The number of nitrogens with zero attached hydrogens (tertiary/aromatic N) is 2. The van der Waals surface area contributed by atoms with Gasteiger partial charge in [0.1, 0.15) is 11.6 Å². The van der Waals surface area contributed by atoms with Crippen LogP contribution < -0.4 is 10.6 Å². The van der Waals surface area contributed by atoms with Crippen LogP contribution in [0.3, 0.4) is 0 Å². The fraction of sp³-hybridized carbons (Fsp3) is 0.250. The van der Waals surface area contributed by atoms with Crippen molar-refractivity contribution >= 4 is 85.9 Å². The van der Waals surface area contributed by atoms with Crippen molar-refractivity contribution in [1.82, 2.24) is 14.6 Å². The molecule has 1 aliphatic rings. The van der Waals surface area contributed by atoms with Crippen molar-refractivity contribution in [1.29, 1.82) is 0 Å². The summed E-state index contributed by atoms with van der Waals surface area (Å²) in [6.45, 7) is 0.795. The number of hydrogen-bond donors (Lipinski definition) is 4. The van der Waals surface area contributed by atoms with Crippen molar-refractivity contribution in [3.05, 3.63) is 86.1 Å². The highest BCUT2D eigenvalue weighted by Gasteiger charge is 2.59. The van der Waals surface area contributed by atoms with Crippen LogP contribution in [-0.4, -0.2) is 69.8 Å². The molecule has 2 aromatic carbocycles. The molecule has 17 heteroatoms. The van der Waals surface area contributed by atoms with E-state index in [9.17, 15) is 37.8 Å². The molecule has 3 atom stereocenters. The van der Waals surface area contributed by atoms with E-state index in [-0.39, 0.29) is 49.9 Å². The molecule has 1 fully saturated rings. The zero-order valence-electron chi connectivity index (χ0n) is 23.1. The summed E-state index contributed by atoms with van der Waals surface area (Å²) in [5, 5.41) is 24.9. The van der Waals surface area contributed by atoms with Gasteiger partial charge in [-0.15, -0.1) is 0 Å². The maximum atomic E-state index is 13.7. The topological polar surface area (TPSA) is 183 Å². The van der Waals surface area contributed by atoms with Gasteiger partial charge in [0.15, 0.2) is 0 Å². The molecule has 45 heavy (non-hydrogen) atoms. The van der Waals surface area contributed by atoms with Gasteiger partial charge in [0, 0.05) is 41.1 Å². The maximum Gasteiger partial charge on any atom is 0.326 e. The summed E-state index contributed by atoms with van der Waals surface area (Å²) in [5.41, 5.74) is -1.45. The largest absolute Gasteiger partial charge is 0.481 e. The molecule has 3 aromatic rings. The highest BCUT2D eigenvalue weighted by atomic mass is 35.5. The Hall–Kier alpha value is -3.46. The van der Waals surface area contributed by atoms with Crippen molar-refractivity contribution in [3.63, 3.8) is 0 Å². The van der Waals surface area contributed by atoms with Crippen molar-refractivity contribution in [3.8, 4) is 0 Å². The first-order valence-corrected chi connectivity index (χ1v) is 16.0. The van der Waals surface area contributed by atoms with E-state index < -0.39 is 51.3 Å². The normalized spacial score (nSPS) is 19.1. The molecule has 1 aromatic heterocycles. The number of benzene rings is 2. The monoisotopic (exact) mass is 716 g/mol. The van der Waals surface area contributed by atoms with Gasteiger partial charge >= 0.3 is 11.9 Å². The van der Waals surface area contributed by atoms with Gasteiger partial charge < -0.3 is 20.8 Å². The van der Waals surface area contributed by atoms with Crippen molar-refractivity contribution in [2.24, 2.45) is 5.92 Å². The lowest BCUT2D eigenvalue weighted by molar-refractivity contribution is -0.150. The average Bonchev–Trinajstić information content (AvgIpc) is 3.32. The predicted molar refractivity (Wildman–Crippen MR) is 166 cm³/mol. The van der Waals surface area contributed by atoms with E-state index >= 15 is 0 Å². The molecule has 2 amide bonds. The van der Waals surface area contributed by atoms with Crippen molar-refractivity contribution in [2.75, 3.05) is 11.9 Å². The highest BCUT2D eigenvalue weighted by molar-refractivity contribution is 7.89. The number of carbonyl (C=O) groups excluding carboxylic acids is 2. The molecule has 0 radical (unpaired) electrons. The number of carbonyl (C=O) groups is 4. The van der Waals surface area contributed by atoms with Gasteiger partial charge in [0.2, 0.25) is 15.9 Å². The molecular formula is C28H24Cl4N4O8S. The van der Waals surface area contributed by atoms with E-state index in [0.29, 0.717) is 11.3 Å². The molecule has 12 nitrogen and oxygen atoms in total. The molecule has 1 aliphatic heterocycles. The van der Waals surface area contributed by atoms with Crippen LogP contribution in [0, 0.1) is 5.92 Å². The van der Waals surface area contributed by atoms with Crippen LogP contribution in [-0.2, 0) is 30.8 Å². The minimum absolute atomic E-state index is 0.00250. The number of carboxylic acids is 2. The SMILES string of the molecule is C[C@@]1(C(=O)N[C@@H](Cc2ccc(NC(=O)c3c(Cl)cncc3Cl)cc2)C(=O)O)[C@@H](C(=O)O)CCN1S(=O)(=O)c1cc(Cl)cc(Cl)c1. The first-order chi connectivity index (χ1) is 21.0. The summed E-state index contributed by atoms with van der Waals surface area (Å²) < 4.78 is 28.0. The first-order valence-electron chi connectivity index (χ1n) is 13.0. The van der Waals surface area contributed by atoms with E-state index in [2.05, 4.69) is 15.6 Å². The maximum absolute atomic E-state index is 13.7. The Labute approximate surface area is 277 Å². The quantitative estimate of drug-likeness (QED) is 0.233. The Morgan fingerprint density at radius 1 is 1.00 bits per heavy atom. The summed E-state index contributed by atoms with van der Waals surface area (Å²) in [4.78, 5) is 54.2. The van der Waals surface area contributed by atoms with E-state index in [4.69, 9.17) is 46.4 Å². The first kappa shape index (κ1) is 34.4. The second-order valence-electron chi connectivity index (χ2n) is 10.2. The van der Waals surface area contributed by atoms with Gasteiger partial charge in [-0.2, -0.15) is 4.31 Å². The number of sulfonamides is 1. The molecule has 4 rings (SSSR count). The van der Waals surface area contributed by atoms with E-state index in [1.807, 2.05) is 0 Å². The summed E-state index contributed by atoms with van der Waals surface area (Å²) in [6, 6.07) is 7.94. The highest BCUT2D eigenvalue weighted by Crippen LogP contribution is 2.40. The summed E-state index contributed by atoms with van der Waals surface area (Å²) in [7, 11) is -4.52. The Bertz CT molecular complexity index is 1750. The summed E-state index contributed by atoms with van der Waals surface area (Å²) in [5.74, 6) is -6.11. The molecule has 0 unspecified atom stereocenters. The van der Waals surface area contributed by atoms with Gasteiger partial charge in [0.25, 0.3) is 5.91 Å². The van der Waals surface area contributed by atoms with Gasteiger partial charge in [-0.25, -0.2) is 13.2 Å². The van der Waals surface area contributed by atoms with E-state index in [1.54, 1.807) is 0 Å². The van der Waals surface area contributed by atoms with Crippen LogP contribution in [0.15, 0.2) is 59.8 Å². The minimum Gasteiger partial charge on any atom is -0.481 e. The van der Waals surface area contributed by atoms with Crippen LogP contribution in [0.1, 0.15) is 29.3 Å². The van der Waals surface area contributed by atoms with Crippen LogP contribution in [0.25, 0.3) is 0 Å². The Kier molecular flexibility index (Phi) is 10.3. The number of nitrogens with one attached hydrogen (secondary N) is 2. The van der Waals surface area contributed by atoms with Crippen LogP contribution >= 0.6 is 46.4 Å². The third-order valence-electron chi connectivity index (χ3n) is 7.33. The number of carboxylic acid groups (broad SMARTS) is 2. The Morgan fingerprint density at radius 2 is 1.58 bits per heavy atom. The molecule has 1 saturated heterocycles. The molecule has 0 spiro atoms. The number of aliphatic carboxylic acids is 2. The standard InChI is InChI=1S/C28H24Cl4N4O8S/c1-28(19(25(38)39)6-7-36(28)45(43,44)18-10-15(29)9-16(30)11-18)27(42)35-22(26(40)41)8-14-2-4-17(5-3-14)34-24(37)23-20(31)12-33-13-21(23)32/h2-5,9-13,19,22H,6-8H2,1H3,(H,34,37)(H,35,42)(H,38,39)(H,40,41)/t19-,22+,28+/m1/s1. The number of amides is 2. The molecule has 0 aliphatic carbocycles. The minimum atomic E-state index is -4.52. The molecular weight excluding hydrogens is 694 g/mol. The lowest BCUT2D eigenvalue weighted by Crippen LogP contribution is -2.62.